The summed E-state index contributed by atoms with van der Waals surface area (Å²) in [6.07, 6.45) is 1.71. The Kier molecular flexibility index (Phi) is 3.97. The first-order chi connectivity index (χ1) is 8.55. The van der Waals surface area contributed by atoms with Gasteiger partial charge in [0, 0.05) is 12.1 Å². The molecular weight excluding hydrogens is 236 g/mol. The average Bonchev–Trinajstić information content (AvgIpc) is 2.55. The molecule has 1 aromatic carbocycles. The van der Waals surface area contributed by atoms with Crippen molar-refractivity contribution in [3.8, 4) is 0 Å². The number of hydrogen-bond donors (Lipinski definition) is 1. The first-order valence-electron chi connectivity index (χ1n) is 6.45. The average molecular weight is 255 g/mol. The van der Waals surface area contributed by atoms with Gasteiger partial charge in [-0.3, -0.25) is 0 Å². The summed E-state index contributed by atoms with van der Waals surface area (Å²) >= 11 is 0. The van der Waals surface area contributed by atoms with Gasteiger partial charge in [-0.2, -0.15) is 0 Å². The van der Waals surface area contributed by atoms with Crippen molar-refractivity contribution in [1.82, 2.24) is 4.90 Å². The van der Waals surface area contributed by atoms with Crippen molar-refractivity contribution in [2.24, 2.45) is 0 Å². The Bertz CT molecular complexity index is 424. The highest BCUT2D eigenvalue weighted by molar-refractivity contribution is 5.25. The molecule has 0 saturated carbocycles. The summed E-state index contributed by atoms with van der Waals surface area (Å²) in [7, 11) is 0. The number of hydrogen-bond acceptors (Lipinski definition) is 2. The minimum Gasteiger partial charge on any atom is -0.385 e. The van der Waals surface area contributed by atoms with Crippen LogP contribution in [-0.2, 0) is 5.60 Å². The summed E-state index contributed by atoms with van der Waals surface area (Å²) in [5.41, 5.74) is -1.14. The van der Waals surface area contributed by atoms with Crippen molar-refractivity contribution in [1.29, 1.82) is 0 Å². The zero-order chi connectivity index (χ0) is 13.2. The van der Waals surface area contributed by atoms with Crippen molar-refractivity contribution < 1.29 is 13.9 Å². The fourth-order valence-corrected chi connectivity index (χ4v) is 2.61. The van der Waals surface area contributed by atoms with Crippen molar-refractivity contribution in [2.75, 3.05) is 19.6 Å². The molecule has 0 amide bonds. The predicted octanol–water partition coefficient (Wildman–Crippen LogP) is 2.66. The van der Waals surface area contributed by atoms with E-state index in [0.717, 1.165) is 37.7 Å². The molecule has 1 saturated heterocycles. The number of rotatable bonds is 2. The minimum atomic E-state index is -1.24. The Morgan fingerprint density at radius 2 is 2.06 bits per heavy atom. The lowest BCUT2D eigenvalue weighted by atomic mass is 9.86. The molecule has 2 nitrogen and oxygen atoms in total. The fraction of sp³-hybridized carbons (Fsp3) is 0.571. The molecule has 2 rings (SSSR count). The minimum absolute atomic E-state index is 0.0976. The van der Waals surface area contributed by atoms with Gasteiger partial charge in [-0.15, -0.1) is 0 Å². The molecule has 1 heterocycles. The molecule has 1 aliphatic rings. The maximum Gasteiger partial charge on any atom is 0.129 e. The topological polar surface area (TPSA) is 23.5 Å². The van der Waals surface area contributed by atoms with E-state index in [1.54, 1.807) is 0 Å². The molecule has 1 N–H and O–H groups in total. The number of nitrogens with zero attached hydrogens (tertiary/aromatic N) is 1. The fourth-order valence-electron chi connectivity index (χ4n) is 2.61. The highest BCUT2D eigenvalue weighted by Gasteiger charge is 2.34. The summed E-state index contributed by atoms with van der Waals surface area (Å²) in [6, 6.07) is 3.29. The van der Waals surface area contributed by atoms with Gasteiger partial charge >= 0.3 is 0 Å². The smallest absolute Gasteiger partial charge is 0.129 e. The normalized spacial score (nSPS) is 26.0. The summed E-state index contributed by atoms with van der Waals surface area (Å²) in [5.74, 6) is -1.03. The largest absolute Gasteiger partial charge is 0.385 e. The van der Waals surface area contributed by atoms with Crippen LogP contribution in [0.3, 0.4) is 0 Å². The summed E-state index contributed by atoms with van der Waals surface area (Å²) < 4.78 is 27.0. The van der Waals surface area contributed by atoms with Gasteiger partial charge in [0.05, 0.1) is 5.60 Å². The van der Waals surface area contributed by atoms with Crippen LogP contribution in [0.5, 0.6) is 0 Å². The maximum atomic E-state index is 13.8. The number of benzene rings is 1. The number of likely N-dealkylation sites (tertiary alicyclic amines) is 1. The molecule has 0 radical (unpaired) electrons. The first-order valence-corrected chi connectivity index (χ1v) is 6.45. The quantitative estimate of drug-likeness (QED) is 0.878. The molecule has 1 aromatic rings. The van der Waals surface area contributed by atoms with Crippen LogP contribution in [0, 0.1) is 11.6 Å². The van der Waals surface area contributed by atoms with E-state index in [1.807, 2.05) is 0 Å². The monoisotopic (exact) mass is 255 g/mol. The van der Waals surface area contributed by atoms with Crippen LogP contribution in [0.15, 0.2) is 18.2 Å². The lowest BCUT2D eigenvalue weighted by Crippen LogP contribution is -2.30. The maximum absolute atomic E-state index is 13.8. The lowest BCUT2D eigenvalue weighted by Gasteiger charge is -2.27. The van der Waals surface area contributed by atoms with Gasteiger partial charge < -0.3 is 10.0 Å². The second-order valence-corrected chi connectivity index (χ2v) is 4.94. The van der Waals surface area contributed by atoms with E-state index < -0.39 is 17.2 Å². The Hall–Kier alpha value is -1.00. The zero-order valence-corrected chi connectivity index (χ0v) is 10.6. The summed E-state index contributed by atoms with van der Waals surface area (Å²) in [6.45, 7) is 4.59. The Labute approximate surface area is 106 Å². The highest BCUT2D eigenvalue weighted by Crippen LogP contribution is 2.34. The van der Waals surface area contributed by atoms with Gasteiger partial charge in [0.1, 0.15) is 11.6 Å². The Balaban J connectivity index is 2.27. The van der Waals surface area contributed by atoms with E-state index in [4.69, 9.17) is 0 Å². The number of aliphatic hydroxyl groups is 1. The molecule has 1 atom stereocenters. The van der Waals surface area contributed by atoms with Crippen LogP contribution >= 0.6 is 0 Å². The van der Waals surface area contributed by atoms with Gasteiger partial charge in [-0.05, 0) is 50.6 Å². The number of halogens is 2. The molecule has 1 unspecified atom stereocenters. The second kappa shape index (κ2) is 5.33. The molecule has 18 heavy (non-hydrogen) atoms. The van der Waals surface area contributed by atoms with Gasteiger partial charge in [-0.1, -0.05) is 6.92 Å². The van der Waals surface area contributed by atoms with Gasteiger partial charge in [0.25, 0.3) is 0 Å². The molecule has 100 valence electrons. The first kappa shape index (κ1) is 13.4. The lowest BCUT2D eigenvalue weighted by molar-refractivity contribution is 0.0176. The van der Waals surface area contributed by atoms with Crippen molar-refractivity contribution in [3.63, 3.8) is 0 Å². The van der Waals surface area contributed by atoms with E-state index in [0.29, 0.717) is 19.4 Å². The van der Waals surface area contributed by atoms with Gasteiger partial charge in [0.15, 0.2) is 0 Å². The van der Waals surface area contributed by atoms with E-state index in [2.05, 4.69) is 11.8 Å². The Morgan fingerprint density at radius 1 is 1.28 bits per heavy atom. The predicted molar refractivity (Wildman–Crippen MR) is 66.2 cm³/mol. The van der Waals surface area contributed by atoms with Gasteiger partial charge in [-0.25, -0.2) is 8.78 Å². The third-order valence-electron chi connectivity index (χ3n) is 3.78. The molecule has 0 aromatic heterocycles. The SMILES string of the molecule is CCN1CCCC(O)(c2cc(F)ccc2F)CC1. The molecule has 0 bridgehead atoms. The summed E-state index contributed by atoms with van der Waals surface area (Å²) in [5, 5.41) is 10.6. The third-order valence-corrected chi connectivity index (χ3v) is 3.78. The standard InChI is InChI=1S/C14H19F2NO/c1-2-17-8-3-6-14(18,7-9-17)12-10-11(15)4-5-13(12)16/h4-5,10,18H,2-3,6-9H2,1H3. The van der Waals surface area contributed by atoms with Crippen molar-refractivity contribution >= 4 is 0 Å². The second-order valence-electron chi connectivity index (χ2n) is 4.94. The molecule has 0 aliphatic carbocycles. The van der Waals surface area contributed by atoms with E-state index in [-0.39, 0.29) is 5.56 Å². The van der Waals surface area contributed by atoms with E-state index in [1.165, 1.54) is 0 Å². The molecule has 1 aliphatic heterocycles. The van der Waals surface area contributed by atoms with Crippen LogP contribution in [-0.4, -0.2) is 29.6 Å². The molecule has 1 fully saturated rings. The van der Waals surface area contributed by atoms with Crippen LogP contribution < -0.4 is 0 Å². The van der Waals surface area contributed by atoms with Crippen molar-refractivity contribution in [2.45, 2.75) is 31.8 Å². The zero-order valence-electron chi connectivity index (χ0n) is 10.6. The Morgan fingerprint density at radius 3 is 2.78 bits per heavy atom. The third kappa shape index (κ3) is 2.70. The van der Waals surface area contributed by atoms with Crippen LogP contribution in [0.4, 0.5) is 8.78 Å². The van der Waals surface area contributed by atoms with Crippen LogP contribution in [0.1, 0.15) is 31.7 Å². The van der Waals surface area contributed by atoms with Crippen LogP contribution in [0.25, 0.3) is 0 Å². The molecule has 0 spiro atoms. The highest BCUT2D eigenvalue weighted by atomic mass is 19.1. The van der Waals surface area contributed by atoms with E-state index in [9.17, 15) is 13.9 Å². The van der Waals surface area contributed by atoms with Crippen LogP contribution in [0.2, 0.25) is 0 Å². The molecular formula is C14H19F2NO. The van der Waals surface area contributed by atoms with Crippen molar-refractivity contribution in [3.05, 3.63) is 35.4 Å². The molecule has 4 heteroatoms. The van der Waals surface area contributed by atoms with E-state index >= 15 is 0 Å². The summed E-state index contributed by atoms with van der Waals surface area (Å²) in [4.78, 5) is 2.22. The van der Waals surface area contributed by atoms with Gasteiger partial charge in [0.2, 0.25) is 0 Å².